The molecule has 0 amide bonds. The average Bonchev–Trinajstić information content (AvgIpc) is 2.51. The van der Waals surface area contributed by atoms with E-state index < -0.39 is 0 Å². The molecule has 0 saturated heterocycles. The highest BCUT2D eigenvalue weighted by Crippen LogP contribution is 2.71. The Hall–Kier alpha value is 0. The van der Waals surface area contributed by atoms with Crippen molar-refractivity contribution in [3.05, 3.63) is 0 Å². The van der Waals surface area contributed by atoms with E-state index in [-0.39, 0.29) is 0 Å². The van der Waals surface area contributed by atoms with E-state index in [1.807, 2.05) is 0 Å². The first-order chi connectivity index (χ1) is 6.45. The SMILES string of the molecule is CCC12CCC(CC1C(C)C)C2(C)C. The van der Waals surface area contributed by atoms with Gasteiger partial charge in [-0.05, 0) is 54.3 Å². The Kier molecular flexibility index (Phi) is 2.25. The van der Waals surface area contributed by atoms with E-state index >= 15 is 0 Å². The van der Waals surface area contributed by atoms with Crippen molar-refractivity contribution in [1.29, 1.82) is 0 Å². The summed E-state index contributed by atoms with van der Waals surface area (Å²) in [5, 5.41) is 0. The van der Waals surface area contributed by atoms with E-state index in [4.69, 9.17) is 0 Å². The van der Waals surface area contributed by atoms with Crippen LogP contribution in [-0.4, -0.2) is 0 Å². The predicted octanol–water partition coefficient (Wildman–Crippen LogP) is 4.49. The fraction of sp³-hybridized carbons (Fsp3) is 1.00. The molecule has 0 nitrogen and oxygen atoms in total. The number of fused-ring (bicyclic) bond motifs is 2. The molecule has 0 aromatic rings. The predicted molar refractivity (Wildman–Crippen MR) is 62.2 cm³/mol. The number of hydrogen-bond acceptors (Lipinski definition) is 0. The maximum Gasteiger partial charge on any atom is -0.0215 e. The number of hydrogen-bond donors (Lipinski definition) is 0. The summed E-state index contributed by atoms with van der Waals surface area (Å²) in [5.41, 5.74) is 1.31. The summed E-state index contributed by atoms with van der Waals surface area (Å²) < 4.78 is 0. The van der Waals surface area contributed by atoms with Gasteiger partial charge in [-0.15, -0.1) is 0 Å². The van der Waals surface area contributed by atoms with Crippen LogP contribution in [0.4, 0.5) is 0 Å². The Labute approximate surface area is 89.5 Å². The van der Waals surface area contributed by atoms with Crippen LogP contribution in [0.3, 0.4) is 0 Å². The molecule has 0 N–H and O–H groups in total. The minimum absolute atomic E-state index is 0.622. The highest BCUT2D eigenvalue weighted by Gasteiger charge is 2.62. The molecule has 0 heteroatoms. The second-order valence-electron chi connectivity index (χ2n) is 6.55. The van der Waals surface area contributed by atoms with Crippen LogP contribution in [0.2, 0.25) is 0 Å². The van der Waals surface area contributed by atoms with Crippen molar-refractivity contribution in [3.63, 3.8) is 0 Å². The molecule has 2 saturated carbocycles. The highest BCUT2D eigenvalue weighted by atomic mass is 14.7. The van der Waals surface area contributed by atoms with Gasteiger partial charge in [-0.25, -0.2) is 0 Å². The van der Waals surface area contributed by atoms with E-state index in [1.165, 1.54) is 25.7 Å². The Balaban J connectivity index is 2.36. The first-order valence-electron chi connectivity index (χ1n) is 6.45. The molecule has 0 radical (unpaired) electrons. The van der Waals surface area contributed by atoms with Crippen molar-refractivity contribution in [3.8, 4) is 0 Å². The lowest BCUT2D eigenvalue weighted by Gasteiger charge is -2.44. The minimum Gasteiger partial charge on any atom is -0.0648 e. The molecule has 14 heavy (non-hydrogen) atoms. The van der Waals surface area contributed by atoms with Gasteiger partial charge in [0, 0.05) is 0 Å². The third-order valence-corrected chi connectivity index (χ3v) is 5.93. The molecule has 0 aliphatic heterocycles. The molecular formula is C14H26. The van der Waals surface area contributed by atoms with Crippen LogP contribution in [0, 0.1) is 28.6 Å². The zero-order valence-corrected chi connectivity index (χ0v) is 10.6. The zero-order chi connectivity index (χ0) is 10.6. The fourth-order valence-electron chi connectivity index (χ4n) is 4.93. The summed E-state index contributed by atoms with van der Waals surface area (Å²) in [5.74, 6) is 2.91. The van der Waals surface area contributed by atoms with Gasteiger partial charge in [0.15, 0.2) is 0 Å². The molecule has 82 valence electrons. The Morgan fingerprint density at radius 2 is 1.93 bits per heavy atom. The largest absolute Gasteiger partial charge is 0.0648 e. The van der Waals surface area contributed by atoms with Crippen molar-refractivity contribution in [2.45, 2.75) is 60.3 Å². The van der Waals surface area contributed by atoms with E-state index in [0.717, 1.165) is 17.8 Å². The van der Waals surface area contributed by atoms with Crippen LogP contribution in [0.1, 0.15) is 60.3 Å². The Morgan fingerprint density at radius 1 is 1.29 bits per heavy atom. The van der Waals surface area contributed by atoms with E-state index in [2.05, 4.69) is 34.6 Å². The van der Waals surface area contributed by atoms with Crippen LogP contribution in [-0.2, 0) is 0 Å². The zero-order valence-electron chi connectivity index (χ0n) is 10.6. The van der Waals surface area contributed by atoms with Crippen molar-refractivity contribution < 1.29 is 0 Å². The van der Waals surface area contributed by atoms with Gasteiger partial charge in [0.05, 0.1) is 0 Å². The summed E-state index contributed by atoms with van der Waals surface area (Å²) in [4.78, 5) is 0. The van der Waals surface area contributed by atoms with E-state index in [9.17, 15) is 0 Å². The molecule has 3 atom stereocenters. The molecule has 0 aromatic heterocycles. The van der Waals surface area contributed by atoms with Crippen molar-refractivity contribution in [1.82, 2.24) is 0 Å². The van der Waals surface area contributed by atoms with Gasteiger partial charge >= 0.3 is 0 Å². The van der Waals surface area contributed by atoms with Crippen LogP contribution in [0.25, 0.3) is 0 Å². The average molecular weight is 194 g/mol. The maximum atomic E-state index is 2.54. The molecular weight excluding hydrogens is 168 g/mol. The monoisotopic (exact) mass is 194 g/mol. The lowest BCUT2D eigenvalue weighted by molar-refractivity contribution is 0.0497. The summed E-state index contributed by atoms with van der Waals surface area (Å²) in [6.07, 6.45) is 5.92. The van der Waals surface area contributed by atoms with Gasteiger partial charge in [-0.1, -0.05) is 34.6 Å². The molecule has 2 aliphatic rings. The molecule has 0 aromatic carbocycles. The lowest BCUT2D eigenvalue weighted by Crippen LogP contribution is -2.36. The quantitative estimate of drug-likeness (QED) is 0.607. The molecule has 2 aliphatic carbocycles. The van der Waals surface area contributed by atoms with Crippen molar-refractivity contribution in [2.75, 3.05) is 0 Å². The summed E-state index contributed by atoms with van der Waals surface area (Å²) in [7, 11) is 0. The summed E-state index contributed by atoms with van der Waals surface area (Å²) in [6.45, 7) is 12.4. The highest BCUT2D eigenvalue weighted by molar-refractivity contribution is 5.11. The van der Waals surface area contributed by atoms with Gasteiger partial charge < -0.3 is 0 Å². The van der Waals surface area contributed by atoms with Crippen molar-refractivity contribution >= 4 is 0 Å². The second-order valence-corrected chi connectivity index (χ2v) is 6.55. The molecule has 0 spiro atoms. The topological polar surface area (TPSA) is 0 Å². The molecule has 3 unspecified atom stereocenters. The summed E-state index contributed by atoms with van der Waals surface area (Å²) in [6, 6.07) is 0. The standard InChI is InChI=1S/C14H26/c1-6-14-8-7-11(13(14,4)5)9-12(14)10(2)3/h10-12H,6-9H2,1-5H3. The number of rotatable bonds is 2. The summed E-state index contributed by atoms with van der Waals surface area (Å²) >= 11 is 0. The van der Waals surface area contributed by atoms with Gasteiger partial charge in [0.1, 0.15) is 0 Å². The molecule has 2 rings (SSSR count). The van der Waals surface area contributed by atoms with E-state index in [0.29, 0.717) is 10.8 Å². The first-order valence-corrected chi connectivity index (χ1v) is 6.45. The molecule has 0 heterocycles. The third-order valence-electron chi connectivity index (χ3n) is 5.93. The minimum atomic E-state index is 0.622. The molecule has 2 fully saturated rings. The third kappa shape index (κ3) is 1.01. The van der Waals surface area contributed by atoms with E-state index in [1.54, 1.807) is 0 Å². The Bertz CT molecular complexity index is 226. The second kappa shape index (κ2) is 3.00. The van der Waals surface area contributed by atoms with Crippen LogP contribution >= 0.6 is 0 Å². The van der Waals surface area contributed by atoms with Crippen LogP contribution in [0.15, 0.2) is 0 Å². The van der Waals surface area contributed by atoms with Gasteiger partial charge in [0.2, 0.25) is 0 Å². The lowest BCUT2D eigenvalue weighted by atomic mass is 9.61. The van der Waals surface area contributed by atoms with Crippen LogP contribution in [0.5, 0.6) is 0 Å². The maximum absolute atomic E-state index is 2.54. The van der Waals surface area contributed by atoms with Crippen molar-refractivity contribution in [2.24, 2.45) is 28.6 Å². The van der Waals surface area contributed by atoms with Gasteiger partial charge in [-0.3, -0.25) is 0 Å². The normalized spacial score (nSPS) is 45.0. The molecule has 2 bridgehead atoms. The Morgan fingerprint density at radius 3 is 2.29 bits per heavy atom. The van der Waals surface area contributed by atoms with Gasteiger partial charge in [0.25, 0.3) is 0 Å². The fourth-order valence-corrected chi connectivity index (χ4v) is 4.93. The van der Waals surface area contributed by atoms with Gasteiger partial charge in [-0.2, -0.15) is 0 Å². The first kappa shape index (κ1) is 10.5. The van der Waals surface area contributed by atoms with Crippen LogP contribution < -0.4 is 0 Å². The smallest absolute Gasteiger partial charge is 0.0215 e.